The van der Waals surface area contributed by atoms with E-state index in [0.717, 1.165) is 12.0 Å². The van der Waals surface area contributed by atoms with Gasteiger partial charge in [0, 0.05) is 6.42 Å². The van der Waals surface area contributed by atoms with Crippen LogP contribution in [0.2, 0.25) is 0 Å². The first-order valence-electron chi connectivity index (χ1n) is 6.68. The normalized spacial score (nSPS) is 10.5. The Morgan fingerprint density at radius 2 is 1.63 bits per heavy atom. The van der Waals surface area contributed by atoms with Crippen LogP contribution >= 0.6 is 0 Å². The Balaban J connectivity index is 2.29. The van der Waals surface area contributed by atoms with Gasteiger partial charge in [-0.1, -0.05) is 42.5 Å². The fraction of sp³-hybridized carbons (Fsp3) is 0.278. The summed E-state index contributed by atoms with van der Waals surface area (Å²) >= 11 is 0. The van der Waals surface area contributed by atoms with Crippen LogP contribution in [0, 0.1) is 13.8 Å². The summed E-state index contributed by atoms with van der Waals surface area (Å²) in [6.07, 6.45) is 1.46. The van der Waals surface area contributed by atoms with Crippen LogP contribution in [-0.4, -0.2) is 5.78 Å². The van der Waals surface area contributed by atoms with E-state index in [0.29, 0.717) is 6.42 Å². The summed E-state index contributed by atoms with van der Waals surface area (Å²) in [5.74, 6) is 0.214. The Morgan fingerprint density at radius 1 is 0.947 bits per heavy atom. The van der Waals surface area contributed by atoms with Crippen LogP contribution in [0.25, 0.3) is 0 Å². The second kappa shape index (κ2) is 5.83. The Labute approximate surface area is 115 Å². The molecule has 0 aliphatic carbocycles. The highest BCUT2D eigenvalue weighted by Gasteiger charge is 2.05. The molecule has 0 bridgehead atoms. The van der Waals surface area contributed by atoms with Gasteiger partial charge in [-0.05, 0) is 55.0 Å². The van der Waals surface area contributed by atoms with E-state index in [-0.39, 0.29) is 5.78 Å². The molecule has 1 heteroatoms. The van der Waals surface area contributed by atoms with Crippen molar-refractivity contribution in [2.45, 2.75) is 33.6 Å². The molecule has 0 fully saturated rings. The minimum absolute atomic E-state index is 0.214. The van der Waals surface area contributed by atoms with E-state index < -0.39 is 0 Å². The van der Waals surface area contributed by atoms with Gasteiger partial charge in [-0.2, -0.15) is 0 Å². The van der Waals surface area contributed by atoms with Crippen LogP contribution in [-0.2, 0) is 17.6 Å². The first kappa shape index (κ1) is 13.5. The summed E-state index contributed by atoms with van der Waals surface area (Å²) < 4.78 is 0. The highest BCUT2D eigenvalue weighted by molar-refractivity contribution is 5.78. The smallest absolute Gasteiger partial charge is 0.134 e. The summed E-state index contributed by atoms with van der Waals surface area (Å²) in [6, 6.07) is 14.8. The van der Waals surface area contributed by atoms with E-state index in [1.807, 2.05) is 0 Å². The average molecular weight is 252 g/mol. The van der Waals surface area contributed by atoms with Crippen LogP contribution in [0.5, 0.6) is 0 Å². The fourth-order valence-electron chi connectivity index (χ4n) is 2.33. The largest absolute Gasteiger partial charge is 0.300 e. The zero-order valence-electron chi connectivity index (χ0n) is 11.9. The van der Waals surface area contributed by atoms with Gasteiger partial charge in [0.25, 0.3) is 0 Å². The molecular weight excluding hydrogens is 232 g/mol. The molecule has 0 aliphatic rings. The van der Waals surface area contributed by atoms with E-state index in [1.165, 1.54) is 22.3 Å². The van der Waals surface area contributed by atoms with Crippen molar-refractivity contribution in [3.63, 3.8) is 0 Å². The minimum atomic E-state index is 0.214. The second-order valence-electron chi connectivity index (χ2n) is 5.24. The highest BCUT2D eigenvalue weighted by atomic mass is 16.1. The molecule has 0 radical (unpaired) electrons. The Hall–Kier alpha value is -1.89. The van der Waals surface area contributed by atoms with E-state index in [4.69, 9.17) is 0 Å². The zero-order valence-corrected chi connectivity index (χ0v) is 11.9. The van der Waals surface area contributed by atoms with Gasteiger partial charge in [0.15, 0.2) is 0 Å². The van der Waals surface area contributed by atoms with E-state index in [9.17, 15) is 4.79 Å². The van der Waals surface area contributed by atoms with Gasteiger partial charge in [-0.3, -0.25) is 4.79 Å². The van der Waals surface area contributed by atoms with Crippen LogP contribution in [0.1, 0.15) is 34.7 Å². The van der Waals surface area contributed by atoms with Gasteiger partial charge in [-0.25, -0.2) is 0 Å². The molecule has 0 saturated carbocycles. The quantitative estimate of drug-likeness (QED) is 0.803. The van der Waals surface area contributed by atoms with Gasteiger partial charge >= 0.3 is 0 Å². The molecule has 0 spiro atoms. The lowest BCUT2D eigenvalue weighted by atomic mass is 9.95. The molecule has 0 atom stereocenters. The van der Waals surface area contributed by atoms with E-state index in [2.05, 4.69) is 56.3 Å². The molecule has 98 valence electrons. The Kier molecular flexibility index (Phi) is 4.16. The lowest BCUT2D eigenvalue weighted by Gasteiger charge is -2.10. The summed E-state index contributed by atoms with van der Waals surface area (Å²) in [7, 11) is 0. The third-order valence-electron chi connectivity index (χ3n) is 3.51. The van der Waals surface area contributed by atoms with Crippen molar-refractivity contribution < 1.29 is 4.79 Å². The molecule has 2 rings (SSSR count). The van der Waals surface area contributed by atoms with Gasteiger partial charge < -0.3 is 0 Å². The summed E-state index contributed by atoms with van der Waals surface area (Å²) in [6.45, 7) is 5.91. The number of hydrogen-bond acceptors (Lipinski definition) is 1. The van der Waals surface area contributed by atoms with Crippen molar-refractivity contribution in [3.05, 3.63) is 70.3 Å². The molecule has 19 heavy (non-hydrogen) atoms. The number of ketones is 1. The molecule has 0 amide bonds. The first-order chi connectivity index (χ1) is 9.06. The molecule has 1 nitrogen and oxygen atoms in total. The fourth-order valence-corrected chi connectivity index (χ4v) is 2.33. The third kappa shape index (κ3) is 3.54. The monoisotopic (exact) mass is 252 g/mol. The number of hydrogen-bond donors (Lipinski definition) is 0. The van der Waals surface area contributed by atoms with Gasteiger partial charge in [-0.15, -0.1) is 0 Å². The van der Waals surface area contributed by atoms with Crippen LogP contribution in [0.3, 0.4) is 0 Å². The molecule has 0 aliphatic heterocycles. The second-order valence-corrected chi connectivity index (χ2v) is 5.24. The first-order valence-corrected chi connectivity index (χ1v) is 6.68. The van der Waals surface area contributed by atoms with Gasteiger partial charge in [0.05, 0.1) is 0 Å². The average Bonchev–Trinajstić information content (AvgIpc) is 2.35. The SMILES string of the molecule is CC(=O)Cc1ccc(C)c(Cc2ccccc2C)c1. The molecule has 2 aromatic carbocycles. The Morgan fingerprint density at radius 3 is 2.32 bits per heavy atom. The lowest BCUT2D eigenvalue weighted by Crippen LogP contribution is -2.00. The van der Waals surface area contributed by atoms with Crippen LogP contribution in [0.15, 0.2) is 42.5 Å². The Bertz CT molecular complexity index is 596. The number of rotatable bonds is 4. The summed E-state index contributed by atoms with van der Waals surface area (Å²) in [5.41, 5.74) is 6.38. The zero-order chi connectivity index (χ0) is 13.8. The molecule has 2 aromatic rings. The van der Waals surface area contributed by atoms with Crippen molar-refractivity contribution in [2.24, 2.45) is 0 Å². The predicted octanol–water partition coefficient (Wildman–Crippen LogP) is 4.03. The topological polar surface area (TPSA) is 17.1 Å². The summed E-state index contributed by atoms with van der Waals surface area (Å²) in [5, 5.41) is 0. The molecule has 0 N–H and O–H groups in total. The molecule has 0 unspecified atom stereocenters. The van der Waals surface area contributed by atoms with Crippen molar-refractivity contribution in [3.8, 4) is 0 Å². The van der Waals surface area contributed by atoms with Crippen molar-refractivity contribution in [2.75, 3.05) is 0 Å². The standard InChI is InChI=1S/C18H20O/c1-13-6-4-5-7-17(13)12-18-11-16(10-15(3)19)9-8-14(18)2/h4-9,11H,10,12H2,1-3H3. The molecular formula is C18H20O. The summed E-state index contributed by atoms with van der Waals surface area (Å²) in [4.78, 5) is 11.2. The minimum Gasteiger partial charge on any atom is -0.300 e. The maximum Gasteiger partial charge on any atom is 0.134 e. The van der Waals surface area contributed by atoms with E-state index in [1.54, 1.807) is 6.92 Å². The number of Topliss-reactive ketones (excluding diaryl/α,β-unsaturated/α-hetero) is 1. The molecule has 0 heterocycles. The third-order valence-corrected chi connectivity index (χ3v) is 3.51. The van der Waals surface area contributed by atoms with Crippen molar-refractivity contribution in [1.29, 1.82) is 0 Å². The number of carbonyl (C=O) groups excluding carboxylic acids is 1. The maximum atomic E-state index is 11.2. The van der Waals surface area contributed by atoms with Crippen LogP contribution < -0.4 is 0 Å². The lowest BCUT2D eigenvalue weighted by molar-refractivity contribution is -0.116. The van der Waals surface area contributed by atoms with Crippen molar-refractivity contribution >= 4 is 5.78 Å². The predicted molar refractivity (Wildman–Crippen MR) is 79.5 cm³/mol. The molecule has 0 saturated heterocycles. The van der Waals surface area contributed by atoms with Gasteiger partial charge in [0.2, 0.25) is 0 Å². The van der Waals surface area contributed by atoms with Crippen molar-refractivity contribution in [1.82, 2.24) is 0 Å². The molecule has 0 aromatic heterocycles. The number of carbonyl (C=O) groups is 1. The van der Waals surface area contributed by atoms with E-state index >= 15 is 0 Å². The number of benzene rings is 2. The van der Waals surface area contributed by atoms with Crippen LogP contribution in [0.4, 0.5) is 0 Å². The van der Waals surface area contributed by atoms with Gasteiger partial charge in [0.1, 0.15) is 5.78 Å². The highest BCUT2D eigenvalue weighted by Crippen LogP contribution is 2.18. The maximum absolute atomic E-state index is 11.2. The number of aryl methyl sites for hydroxylation is 2.